The molecule has 1 aromatic heterocycles. The van der Waals surface area contributed by atoms with Gasteiger partial charge < -0.3 is 10.0 Å². The van der Waals surface area contributed by atoms with Crippen molar-refractivity contribution in [1.82, 2.24) is 4.98 Å². The quantitative estimate of drug-likeness (QED) is 0.916. The first kappa shape index (κ1) is 13.4. The van der Waals surface area contributed by atoms with Crippen LogP contribution in [0.1, 0.15) is 29.7 Å². The van der Waals surface area contributed by atoms with Crippen LogP contribution in [0.15, 0.2) is 30.3 Å². The minimum absolute atomic E-state index is 0.228. The highest BCUT2D eigenvalue weighted by Crippen LogP contribution is 2.30. The molecule has 106 valence electrons. The van der Waals surface area contributed by atoms with Crippen LogP contribution in [0, 0.1) is 11.3 Å². The van der Waals surface area contributed by atoms with E-state index in [0.29, 0.717) is 11.4 Å². The molecule has 1 aliphatic carbocycles. The normalized spacial score (nSPS) is 13.3. The zero-order chi connectivity index (χ0) is 14.8. The molecule has 1 aliphatic rings. The summed E-state index contributed by atoms with van der Waals surface area (Å²) in [5, 5.41) is 18.8. The van der Waals surface area contributed by atoms with Crippen LogP contribution in [-0.2, 0) is 12.8 Å². The second-order valence-corrected chi connectivity index (χ2v) is 5.36. The molecule has 1 N–H and O–H groups in total. The predicted octanol–water partition coefficient (Wildman–Crippen LogP) is 3.31. The van der Waals surface area contributed by atoms with E-state index in [1.165, 1.54) is 12.0 Å². The molecule has 0 amide bonds. The first-order chi connectivity index (χ1) is 10.2. The van der Waals surface area contributed by atoms with Gasteiger partial charge in [0, 0.05) is 18.4 Å². The Labute approximate surface area is 124 Å². The van der Waals surface area contributed by atoms with Crippen molar-refractivity contribution in [3.05, 3.63) is 47.2 Å². The Kier molecular flexibility index (Phi) is 3.49. The van der Waals surface area contributed by atoms with Crippen molar-refractivity contribution in [2.45, 2.75) is 25.7 Å². The van der Waals surface area contributed by atoms with Crippen molar-refractivity contribution in [2.24, 2.45) is 0 Å². The van der Waals surface area contributed by atoms with E-state index in [4.69, 9.17) is 4.98 Å². The molecule has 0 saturated heterocycles. The van der Waals surface area contributed by atoms with E-state index >= 15 is 0 Å². The molecule has 0 fully saturated rings. The van der Waals surface area contributed by atoms with Crippen LogP contribution in [0.5, 0.6) is 5.75 Å². The number of aryl methyl sites for hydroxylation is 2. The Balaban J connectivity index is 2.04. The number of phenols is 1. The van der Waals surface area contributed by atoms with Gasteiger partial charge in [-0.25, -0.2) is 4.98 Å². The number of aromatic hydroxyl groups is 1. The molecule has 4 nitrogen and oxygen atoms in total. The van der Waals surface area contributed by atoms with Gasteiger partial charge in [0.25, 0.3) is 0 Å². The minimum atomic E-state index is 0.228. The first-order valence-corrected chi connectivity index (χ1v) is 7.14. The van der Waals surface area contributed by atoms with Gasteiger partial charge in [-0.15, -0.1) is 0 Å². The molecular weight excluding hydrogens is 262 g/mol. The van der Waals surface area contributed by atoms with Crippen molar-refractivity contribution < 1.29 is 5.11 Å². The molecular formula is C17H17N3O. The van der Waals surface area contributed by atoms with Gasteiger partial charge in [-0.1, -0.05) is 0 Å². The molecule has 0 atom stereocenters. The van der Waals surface area contributed by atoms with Crippen molar-refractivity contribution in [1.29, 1.82) is 5.26 Å². The van der Waals surface area contributed by atoms with Gasteiger partial charge in [0.05, 0.1) is 5.56 Å². The van der Waals surface area contributed by atoms with Gasteiger partial charge in [0.15, 0.2) is 5.82 Å². The number of fused-ring (bicyclic) bond motifs is 1. The Morgan fingerprint density at radius 2 is 1.90 bits per heavy atom. The summed E-state index contributed by atoms with van der Waals surface area (Å²) in [6.45, 7) is 0. The van der Waals surface area contributed by atoms with Gasteiger partial charge >= 0.3 is 0 Å². The van der Waals surface area contributed by atoms with Crippen LogP contribution < -0.4 is 4.90 Å². The van der Waals surface area contributed by atoms with E-state index in [-0.39, 0.29) is 5.75 Å². The first-order valence-electron chi connectivity index (χ1n) is 7.14. The number of rotatable bonds is 2. The zero-order valence-electron chi connectivity index (χ0n) is 12.0. The van der Waals surface area contributed by atoms with E-state index in [1.54, 1.807) is 12.1 Å². The summed E-state index contributed by atoms with van der Waals surface area (Å²) in [5.41, 5.74) is 3.82. The topological polar surface area (TPSA) is 60.1 Å². The molecule has 0 spiro atoms. The van der Waals surface area contributed by atoms with Crippen molar-refractivity contribution in [2.75, 3.05) is 11.9 Å². The lowest BCUT2D eigenvalue weighted by Crippen LogP contribution is -2.16. The number of aromatic nitrogens is 1. The highest BCUT2D eigenvalue weighted by atomic mass is 16.3. The second kappa shape index (κ2) is 5.45. The van der Waals surface area contributed by atoms with Gasteiger partial charge in [0.1, 0.15) is 11.8 Å². The predicted molar refractivity (Wildman–Crippen MR) is 81.8 cm³/mol. The van der Waals surface area contributed by atoms with Crippen molar-refractivity contribution in [3.8, 4) is 11.8 Å². The maximum absolute atomic E-state index is 9.40. The minimum Gasteiger partial charge on any atom is -0.508 e. The fourth-order valence-electron chi connectivity index (χ4n) is 2.76. The number of pyridine rings is 1. The third-order valence-corrected chi connectivity index (χ3v) is 3.96. The van der Waals surface area contributed by atoms with E-state index in [2.05, 4.69) is 6.07 Å². The summed E-state index contributed by atoms with van der Waals surface area (Å²) < 4.78 is 0. The fraction of sp³-hybridized carbons (Fsp3) is 0.294. The van der Waals surface area contributed by atoms with E-state index in [9.17, 15) is 10.4 Å². The Morgan fingerprint density at radius 1 is 1.19 bits per heavy atom. The van der Waals surface area contributed by atoms with Crippen molar-refractivity contribution in [3.63, 3.8) is 0 Å². The highest BCUT2D eigenvalue weighted by molar-refractivity contribution is 5.66. The van der Waals surface area contributed by atoms with Gasteiger partial charge in [-0.3, -0.25) is 0 Å². The molecule has 2 aromatic rings. The van der Waals surface area contributed by atoms with Crippen LogP contribution >= 0.6 is 0 Å². The van der Waals surface area contributed by atoms with E-state index < -0.39 is 0 Å². The van der Waals surface area contributed by atoms with Crippen LogP contribution in [0.3, 0.4) is 0 Å². The Bertz CT molecular complexity index is 701. The molecule has 0 radical (unpaired) electrons. The monoisotopic (exact) mass is 279 g/mol. The maximum atomic E-state index is 9.40. The van der Waals surface area contributed by atoms with E-state index in [0.717, 1.165) is 30.6 Å². The number of anilines is 2. The second-order valence-electron chi connectivity index (χ2n) is 5.36. The summed E-state index contributed by atoms with van der Waals surface area (Å²) in [5.74, 6) is 0.912. The third kappa shape index (κ3) is 2.55. The maximum Gasteiger partial charge on any atom is 0.151 e. The molecule has 0 aliphatic heterocycles. The molecule has 21 heavy (non-hydrogen) atoms. The Hall–Kier alpha value is -2.54. The van der Waals surface area contributed by atoms with E-state index in [1.807, 2.05) is 30.1 Å². The lowest BCUT2D eigenvalue weighted by atomic mass is 9.95. The summed E-state index contributed by atoms with van der Waals surface area (Å²) in [7, 11) is 1.89. The van der Waals surface area contributed by atoms with Crippen LogP contribution in [-0.4, -0.2) is 17.1 Å². The van der Waals surface area contributed by atoms with Gasteiger partial charge in [-0.2, -0.15) is 5.26 Å². The molecule has 0 bridgehead atoms. The summed E-state index contributed by atoms with van der Waals surface area (Å²) in [6, 6.07) is 11.1. The molecule has 1 heterocycles. The molecule has 3 rings (SSSR count). The molecule has 0 unspecified atom stereocenters. The summed E-state index contributed by atoms with van der Waals surface area (Å²) in [6.07, 6.45) is 4.33. The number of benzene rings is 1. The number of hydrogen-bond acceptors (Lipinski definition) is 4. The SMILES string of the molecule is CN(c1ccc(O)cc1)c1nc2c(cc1C#N)CCCC2. The van der Waals surface area contributed by atoms with Crippen LogP contribution in [0.25, 0.3) is 0 Å². The molecule has 1 aromatic carbocycles. The standard InChI is InChI=1S/C17H17N3O/c1-20(14-6-8-15(21)9-7-14)17-13(11-18)10-12-4-2-3-5-16(12)19-17/h6-10,21H,2-5H2,1H3. The lowest BCUT2D eigenvalue weighted by molar-refractivity contribution is 0.475. The summed E-state index contributed by atoms with van der Waals surface area (Å²) >= 11 is 0. The zero-order valence-corrected chi connectivity index (χ0v) is 12.0. The molecule has 4 heteroatoms. The van der Waals surface area contributed by atoms with Crippen LogP contribution in [0.4, 0.5) is 11.5 Å². The third-order valence-electron chi connectivity index (χ3n) is 3.96. The van der Waals surface area contributed by atoms with Crippen molar-refractivity contribution >= 4 is 11.5 Å². The smallest absolute Gasteiger partial charge is 0.151 e. The average Bonchev–Trinajstić information content (AvgIpc) is 2.53. The number of phenolic OH excluding ortho intramolecular Hbond substituents is 1. The highest BCUT2D eigenvalue weighted by Gasteiger charge is 2.18. The van der Waals surface area contributed by atoms with Gasteiger partial charge in [-0.05, 0) is 61.6 Å². The van der Waals surface area contributed by atoms with Crippen LogP contribution in [0.2, 0.25) is 0 Å². The summed E-state index contributed by atoms with van der Waals surface area (Å²) in [4.78, 5) is 6.62. The fourth-order valence-corrected chi connectivity index (χ4v) is 2.76. The number of nitriles is 1. The lowest BCUT2D eigenvalue weighted by Gasteiger charge is -2.23. The number of nitrogens with zero attached hydrogens (tertiary/aromatic N) is 3. The van der Waals surface area contributed by atoms with Gasteiger partial charge in [0.2, 0.25) is 0 Å². The molecule has 0 saturated carbocycles. The number of hydrogen-bond donors (Lipinski definition) is 1. The average molecular weight is 279 g/mol. The Morgan fingerprint density at radius 3 is 2.62 bits per heavy atom. The largest absolute Gasteiger partial charge is 0.508 e.